The molecule has 1 aromatic carbocycles. The van der Waals surface area contributed by atoms with Crippen molar-refractivity contribution in [1.29, 1.82) is 0 Å². The minimum absolute atomic E-state index is 0.00407. The van der Waals surface area contributed by atoms with E-state index >= 15 is 0 Å². The third kappa shape index (κ3) is 3.43. The van der Waals surface area contributed by atoms with Crippen molar-refractivity contribution in [3.8, 4) is 0 Å². The third-order valence-electron chi connectivity index (χ3n) is 3.36. The van der Waals surface area contributed by atoms with E-state index in [2.05, 4.69) is 4.74 Å². The van der Waals surface area contributed by atoms with Crippen LogP contribution in [0.2, 0.25) is 0 Å². The Morgan fingerprint density at radius 3 is 2.27 bits per heavy atom. The van der Waals surface area contributed by atoms with Gasteiger partial charge in [0.15, 0.2) is 5.78 Å². The molecule has 0 aliphatic heterocycles. The number of methoxy groups -OCH3 is 1. The van der Waals surface area contributed by atoms with Crippen molar-refractivity contribution in [2.24, 2.45) is 0 Å². The van der Waals surface area contributed by atoms with Gasteiger partial charge in [0.05, 0.1) is 7.11 Å². The van der Waals surface area contributed by atoms with Gasteiger partial charge in [-0.25, -0.2) is 9.59 Å². The molecule has 0 aliphatic rings. The van der Waals surface area contributed by atoms with E-state index in [-0.39, 0.29) is 18.1 Å². The zero-order valence-corrected chi connectivity index (χ0v) is 12.7. The van der Waals surface area contributed by atoms with Crippen molar-refractivity contribution in [1.82, 2.24) is 5.06 Å². The summed E-state index contributed by atoms with van der Waals surface area (Å²) < 4.78 is 9.45. The maximum absolute atomic E-state index is 11.9. The van der Waals surface area contributed by atoms with Crippen LogP contribution < -0.4 is 0 Å². The topological polar surface area (TPSA) is 93.1 Å². The third-order valence-corrected chi connectivity index (χ3v) is 3.36. The van der Waals surface area contributed by atoms with E-state index < -0.39 is 23.4 Å². The number of ether oxygens (including phenoxy) is 2. The van der Waals surface area contributed by atoms with E-state index in [1.54, 1.807) is 30.3 Å². The smallest absolute Gasteiger partial charge is 0.435 e. The van der Waals surface area contributed by atoms with E-state index in [0.29, 0.717) is 5.56 Å². The molecule has 0 radical (unpaired) electrons. The Hall–Kier alpha value is -2.41. The highest BCUT2D eigenvalue weighted by atomic mass is 16.6. The maximum atomic E-state index is 11.9. The second-order valence-electron chi connectivity index (χ2n) is 4.61. The number of hydrogen-bond acceptors (Lipinski definition) is 6. The predicted molar refractivity (Wildman–Crippen MR) is 76.0 cm³/mol. The summed E-state index contributed by atoms with van der Waals surface area (Å²) in [7, 11) is 1.07. The molecule has 7 heteroatoms. The Bertz CT molecular complexity index is 544. The van der Waals surface area contributed by atoms with Gasteiger partial charge in [-0.2, -0.15) is 5.06 Å². The summed E-state index contributed by atoms with van der Waals surface area (Å²) >= 11 is 0. The van der Waals surface area contributed by atoms with E-state index in [1.807, 2.05) is 0 Å². The quantitative estimate of drug-likeness (QED) is 0.373. The lowest BCUT2D eigenvalue weighted by molar-refractivity contribution is -0.190. The summed E-state index contributed by atoms with van der Waals surface area (Å²) in [5.74, 6) is -1.75. The Kier molecular flexibility index (Phi) is 6.06. The van der Waals surface area contributed by atoms with E-state index in [0.717, 1.165) is 14.0 Å². The van der Waals surface area contributed by atoms with Crippen LogP contribution in [0.1, 0.15) is 25.8 Å². The molecule has 1 N–H and O–H groups in total. The molecule has 1 atom stereocenters. The van der Waals surface area contributed by atoms with Gasteiger partial charge < -0.3 is 9.47 Å². The fourth-order valence-corrected chi connectivity index (χ4v) is 2.03. The van der Waals surface area contributed by atoms with Crippen molar-refractivity contribution < 1.29 is 29.1 Å². The molecule has 0 heterocycles. The van der Waals surface area contributed by atoms with Crippen LogP contribution in [-0.4, -0.2) is 40.8 Å². The minimum Gasteiger partial charge on any atom is -0.467 e. The molecule has 0 saturated carbocycles. The lowest BCUT2D eigenvalue weighted by Crippen LogP contribution is -2.60. The molecule has 22 heavy (non-hydrogen) atoms. The highest BCUT2D eigenvalue weighted by Crippen LogP contribution is 2.23. The summed E-state index contributed by atoms with van der Waals surface area (Å²) in [4.78, 5) is 35.6. The van der Waals surface area contributed by atoms with Gasteiger partial charge in [-0.05, 0) is 18.9 Å². The van der Waals surface area contributed by atoms with Crippen LogP contribution in [-0.2, 0) is 25.7 Å². The average molecular weight is 309 g/mol. The van der Waals surface area contributed by atoms with Gasteiger partial charge in [-0.1, -0.05) is 37.3 Å². The number of carbonyl (C=O) groups is 3. The van der Waals surface area contributed by atoms with Gasteiger partial charge in [-0.15, -0.1) is 0 Å². The Balaban J connectivity index is 2.89. The summed E-state index contributed by atoms with van der Waals surface area (Å²) in [6, 6.07) is 8.79. The van der Waals surface area contributed by atoms with Crippen molar-refractivity contribution in [2.45, 2.75) is 32.4 Å². The average Bonchev–Trinajstić information content (AvgIpc) is 2.53. The van der Waals surface area contributed by atoms with Gasteiger partial charge in [0, 0.05) is 0 Å². The molecule has 0 fully saturated rings. The molecular weight excluding hydrogens is 290 g/mol. The number of Topliss-reactive ketones (excluding diaryl/α,β-unsaturated/α-hetero) is 1. The first kappa shape index (κ1) is 17.6. The number of esters is 1. The van der Waals surface area contributed by atoms with Crippen LogP contribution in [0.15, 0.2) is 30.3 Å². The molecule has 0 saturated heterocycles. The van der Waals surface area contributed by atoms with Crippen molar-refractivity contribution in [3.05, 3.63) is 35.9 Å². The number of hydroxylamine groups is 2. The first-order chi connectivity index (χ1) is 10.4. The van der Waals surface area contributed by atoms with E-state index in [4.69, 9.17) is 4.74 Å². The highest BCUT2D eigenvalue weighted by Gasteiger charge is 2.51. The van der Waals surface area contributed by atoms with Gasteiger partial charge in [-0.3, -0.25) is 10.0 Å². The van der Waals surface area contributed by atoms with Crippen LogP contribution in [0.5, 0.6) is 0 Å². The molecule has 1 amide bonds. The molecule has 0 bridgehead atoms. The maximum Gasteiger partial charge on any atom is 0.435 e. The van der Waals surface area contributed by atoms with Crippen molar-refractivity contribution in [3.63, 3.8) is 0 Å². The number of rotatable bonds is 6. The van der Waals surface area contributed by atoms with Crippen LogP contribution >= 0.6 is 0 Å². The van der Waals surface area contributed by atoms with Gasteiger partial charge in [0.1, 0.15) is 6.61 Å². The lowest BCUT2D eigenvalue weighted by Gasteiger charge is -2.33. The molecule has 0 unspecified atom stereocenters. The summed E-state index contributed by atoms with van der Waals surface area (Å²) in [5.41, 5.74) is -1.41. The fourth-order valence-electron chi connectivity index (χ4n) is 2.03. The van der Waals surface area contributed by atoms with Gasteiger partial charge in [0.25, 0.3) is 0 Å². The number of carbonyl (C=O) groups excluding carboxylic acids is 3. The SMILES string of the molecule is CC[C@@](C(C)=O)(C(=O)OC)N(O)C(=O)OCc1ccccc1. The molecule has 0 aliphatic carbocycles. The monoisotopic (exact) mass is 309 g/mol. The number of ketones is 1. The summed E-state index contributed by atoms with van der Waals surface area (Å²) in [6.07, 6.45) is -1.35. The molecular formula is C15H19NO6. The number of nitrogens with zero attached hydrogens (tertiary/aromatic N) is 1. The standard InChI is InChI=1S/C15H19NO6/c1-4-15(11(2)17,13(18)21-3)16(20)14(19)22-10-12-8-6-5-7-9-12/h5-9,20H,4,10H2,1-3H3/t15-/m1/s1. The molecule has 1 aromatic rings. The molecule has 7 nitrogen and oxygen atoms in total. The van der Waals surface area contributed by atoms with Gasteiger partial charge in [0.2, 0.25) is 5.54 Å². The Labute approximate surface area is 128 Å². The van der Waals surface area contributed by atoms with Crippen LogP contribution in [0.3, 0.4) is 0 Å². The van der Waals surface area contributed by atoms with E-state index in [9.17, 15) is 19.6 Å². The summed E-state index contributed by atoms with van der Waals surface area (Å²) in [6.45, 7) is 2.47. The second kappa shape index (κ2) is 7.56. The Morgan fingerprint density at radius 2 is 1.82 bits per heavy atom. The number of hydrogen-bond donors (Lipinski definition) is 1. The van der Waals surface area contributed by atoms with E-state index in [1.165, 1.54) is 6.92 Å². The first-order valence-electron chi connectivity index (χ1n) is 6.69. The zero-order chi connectivity index (χ0) is 16.8. The van der Waals surface area contributed by atoms with Crippen molar-refractivity contribution in [2.75, 3.05) is 7.11 Å². The minimum atomic E-state index is -2.11. The normalized spacial score (nSPS) is 12.9. The molecule has 1 rings (SSSR count). The molecule has 120 valence electrons. The van der Waals surface area contributed by atoms with Crippen LogP contribution in [0.4, 0.5) is 4.79 Å². The second-order valence-corrected chi connectivity index (χ2v) is 4.61. The molecule has 0 spiro atoms. The first-order valence-corrected chi connectivity index (χ1v) is 6.69. The molecule has 0 aromatic heterocycles. The van der Waals surface area contributed by atoms with Crippen LogP contribution in [0, 0.1) is 0 Å². The Morgan fingerprint density at radius 1 is 1.23 bits per heavy atom. The summed E-state index contributed by atoms with van der Waals surface area (Å²) in [5, 5.41) is 10.0. The van der Waals surface area contributed by atoms with Crippen molar-refractivity contribution >= 4 is 17.8 Å². The van der Waals surface area contributed by atoms with Gasteiger partial charge >= 0.3 is 12.1 Å². The predicted octanol–water partition coefficient (Wildman–Crippen LogP) is 1.93. The number of benzene rings is 1. The zero-order valence-electron chi connectivity index (χ0n) is 12.7. The number of amides is 1. The fraction of sp³-hybridized carbons (Fsp3) is 0.400. The van der Waals surface area contributed by atoms with Crippen LogP contribution in [0.25, 0.3) is 0 Å². The highest BCUT2D eigenvalue weighted by molar-refractivity contribution is 6.09. The largest absolute Gasteiger partial charge is 0.467 e. The lowest BCUT2D eigenvalue weighted by atomic mass is 9.91.